The third kappa shape index (κ3) is 4.29. The smallest absolute Gasteiger partial charge is 0.287 e. The van der Waals surface area contributed by atoms with Crippen LogP contribution in [-0.2, 0) is 6.61 Å². The maximum atomic E-state index is 12.8. The van der Waals surface area contributed by atoms with Crippen LogP contribution in [-0.4, -0.2) is 5.91 Å². The number of carbonyl (C=O) groups is 1. The molecule has 2 aromatic heterocycles. The molecule has 5 nitrogen and oxygen atoms in total. The number of amides is 1. The van der Waals surface area contributed by atoms with Crippen LogP contribution in [0.4, 0.5) is 4.39 Å². The SMILES string of the molecule is Cc1ccc(C(C)NC(=O)c2ccc(COc3ccc(F)cc3)o2)o1. The molecule has 1 N–H and O–H groups in total. The number of hydrogen-bond acceptors (Lipinski definition) is 4. The van der Waals surface area contributed by atoms with E-state index >= 15 is 0 Å². The second-order valence-electron chi connectivity index (χ2n) is 5.65. The Morgan fingerprint density at radius 1 is 1.12 bits per heavy atom. The second-order valence-corrected chi connectivity index (χ2v) is 5.65. The number of ether oxygens (including phenoxy) is 1. The highest BCUT2D eigenvalue weighted by molar-refractivity contribution is 5.91. The van der Waals surface area contributed by atoms with Crippen LogP contribution < -0.4 is 10.1 Å². The minimum atomic E-state index is -0.338. The molecule has 1 atom stereocenters. The number of furan rings is 2. The zero-order valence-corrected chi connectivity index (χ0v) is 13.9. The standard InChI is InChI=1S/C19H18FNO4/c1-12-3-9-17(24-12)13(2)21-19(22)18-10-8-16(25-18)11-23-15-6-4-14(20)5-7-15/h3-10,13H,11H2,1-2H3,(H,21,22). The van der Waals surface area contributed by atoms with E-state index in [4.69, 9.17) is 13.6 Å². The van der Waals surface area contributed by atoms with Gasteiger partial charge in [-0.15, -0.1) is 0 Å². The van der Waals surface area contributed by atoms with Crippen LogP contribution in [0.3, 0.4) is 0 Å². The molecule has 1 aromatic carbocycles. The number of benzene rings is 1. The monoisotopic (exact) mass is 343 g/mol. The van der Waals surface area contributed by atoms with Crippen molar-refractivity contribution in [2.24, 2.45) is 0 Å². The summed E-state index contributed by atoms with van der Waals surface area (Å²) in [6.45, 7) is 3.82. The average Bonchev–Trinajstić information content (AvgIpc) is 3.23. The van der Waals surface area contributed by atoms with Gasteiger partial charge in [0.25, 0.3) is 5.91 Å². The van der Waals surface area contributed by atoms with Crippen LogP contribution in [0.25, 0.3) is 0 Å². The van der Waals surface area contributed by atoms with Gasteiger partial charge < -0.3 is 18.9 Å². The lowest BCUT2D eigenvalue weighted by Gasteiger charge is -2.10. The lowest BCUT2D eigenvalue weighted by atomic mass is 10.2. The third-order valence-corrected chi connectivity index (χ3v) is 3.62. The highest BCUT2D eigenvalue weighted by Crippen LogP contribution is 2.18. The fraction of sp³-hybridized carbons (Fsp3) is 0.211. The van der Waals surface area contributed by atoms with Gasteiger partial charge in [0.05, 0.1) is 6.04 Å². The molecule has 1 amide bonds. The van der Waals surface area contributed by atoms with E-state index in [9.17, 15) is 9.18 Å². The minimum absolute atomic E-state index is 0.145. The molecule has 0 aliphatic heterocycles. The highest BCUT2D eigenvalue weighted by Gasteiger charge is 2.17. The third-order valence-electron chi connectivity index (χ3n) is 3.62. The average molecular weight is 343 g/mol. The highest BCUT2D eigenvalue weighted by atomic mass is 19.1. The van der Waals surface area contributed by atoms with Gasteiger partial charge in [-0.25, -0.2) is 4.39 Å². The van der Waals surface area contributed by atoms with Gasteiger partial charge in [0.2, 0.25) is 0 Å². The van der Waals surface area contributed by atoms with E-state index in [-0.39, 0.29) is 30.1 Å². The van der Waals surface area contributed by atoms with E-state index in [1.807, 2.05) is 26.0 Å². The van der Waals surface area contributed by atoms with Crippen molar-refractivity contribution < 1.29 is 22.8 Å². The molecular weight excluding hydrogens is 325 g/mol. The molecule has 3 aromatic rings. The van der Waals surface area contributed by atoms with Crippen molar-refractivity contribution >= 4 is 5.91 Å². The molecule has 6 heteroatoms. The summed E-state index contributed by atoms with van der Waals surface area (Å²) in [5.41, 5.74) is 0. The minimum Gasteiger partial charge on any atom is -0.486 e. The summed E-state index contributed by atoms with van der Waals surface area (Å²) in [4.78, 5) is 12.2. The number of aryl methyl sites for hydroxylation is 1. The van der Waals surface area contributed by atoms with Crippen molar-refractivity contribution in [3.05, 3.63) is 77.4 Å². The molecule has 0 bridgehead atoms. The normalized spacial score (nSPS) is 12.0. The summed E-state index contributed by atoms with van der Waals surface area (Å²) in [6.07, 6.45) is 0. The fourth-order valence-corrected chi connectivity index (χ4v) is 2.29. The Morgan fingerprint density at radius 2 is 1.88 bits per heavy atom. The molecule has 0 radical (unpaired) electrons. The fourth-order valence-electron chi connectivity index (χ4n) is 2.29. The molecule has 0 saturated carbocycles. The molecule has 0 fully saturated rings. The Hall–Kier alpha value is -3.02. The topological polar surface area (TPSA) is 64.6 Å². The zero-order valence-electron chi connectivity index (χ0n) is 13.9. The molecule has 3 rings (SSSR count). The Labute approximate surface area is 144 Å². The summed E-state index contributed by atoms with van der Waals surface area (Å²) in [7, 11) is 0. The lowest BCUT2D eigenvalue weighted by molar-refractivity contribution is 0.0903. The number of nitrogens with one attached hydrogen (secondary N) is 1. The molecular formula is C19H18FNO4. The summed E-state index contributed by atoms with van der Waals surface area (Å²) in [6, 6.07) is 12.3. The Balaban J connectivity index is 1.56. The van der Waals surface area contributed by atoms with Gasteiger partial charge in [-0.3, -0.25) is 4.79 Å². The Kier molecular flexibility index (Phi) is 4.88. The first-order valence-electron chi connectivity index (χ1n) is 7.85. The number of rotatable bonds is 6. The van der Waals surface area contributed by atoms with Crippen LogP contribution in [0.2, 0.25) is 0 Å². The largest absolute Gasteiger partial charge is 0.486 e. The van der Waals surface area contributed by atoms with E-state index in [2.05, 4.69) is 5.32 Å². The summed E-state index contributed by atoms with van der Waals surface area (Å²) in [5, 5.41) is 2.81. The van der Waals surface area contributed by atoms with Crippen LogP contribution in [0.1, 0.15) is 40.8 Å². The summed E-state index contributed by atoms with van der Waals surface area (Å²) in [5.74, 6) is 2.00. The maximum Gasteiger partial charge on any atom is 0.287 e. The number of hydrogen-bond donors (Lipinski definition) is 1. The molecule has 1 unspecified atom stereocenters. The lowest BCUT2D eigenvalue weighted by Crippen LogP contribution is -2.25. The summed E-state index contributed by atoms with van der Waals surface area (Å²) < 4.78 is 29.3. The molecule has 25 heavy (non-hydrogen) atoms. The first kappa shape index (κ1) is 16.8. The van der Waals surface area contributed by atoms with Gasteiger partial charge in [0.15, 0.2) is 5.76 Å². The molecule has 0 spiro atoms. The van der Waals surface area contributed by atoms with Gasteiger partial charge in [-0.05, 0) is 62.4 Å². The van der Waals surface area contributed by atoms with Gasteiger partial charge in [0.1, 0.15) is 35.5 Å². The quantitative estimate of drug-likeness (QED) is 0.721. The Morgan fingerprint density at radius 3 is 2.56 bits per heavy atom. The second kappa shape index (κ2) is 7.25. The molecule has 130 valence electrons. The van der Waals surface area contributed by atoms with Crippen molar-refractivity contribution in [1.82, 2.24) is 5.32 Å². The zero-order chi connectivity index (χ0) is 17.8. The van der Waals surface area contributed by atoms with E-state index in [1.165, 1.54) is 24.3 Å². The van der Waals surface area contributed by atoms with Crippen LogP contribution in [0, 0.1) is 12.7 Å². The first-order valence-corrected chi connectivity index (χ1v) is 7.85. The van der Waals surface area contributed by atoms with Gasteiger partial charge in [-0.2, -0.15) is 0 Å². The van der Waals surface area contributed by atoms with Crippen molar-refractivity contribution in [3.63, 3.8) is 0 Å². The van der Waals surface area contributed by atoms with Crippen LogP contribution in [0.15, 0.2) is 57.4 Å². The predicted octanol–water partition coefficient (Wildman–Crippen LogP) is 4.39. The van der Waals surface area contributed by atoms with E-state index < -0.39 is 0 Å². The first-order chi connectivity index (χ1) is 12.0. The Bertz CT molecular complexity index is 850. The molecule has 0 aliphatic rings. The van der Waals surface area contributed by atoms with E-state index in [0.717, 1.165) is 5.76 Å². The van der Waals surface area contributed by atoms with Crippen molar-refractivity contribution in [1.29, 1.82) is 0 Å². The molecule has 2 heterocycles. The summed E-state index contributed by atoms with van der Waals surface area (Å²) >= 11 is 0. The van der Waals surface area contributed by atoms with Gasteiger partial charge >= 0.3 is 0 Å². The molecule has 0 aliphatic carbocycles. The van der Waals surface area contributed by atoms with Crippen LogP contribution >= 0.6 is 0 Å². The van der Waals surface area contributed by atoms with Gasteiger partial charge in [-0.1, -0.05) is 0 Å². The number of carbonyl (C=O) groups excluding carboxylic acids is 1. The van der Waals surface area contributed by atoms with Crippen molar-refractivity contribution in [2.75, 3.05) is 0 Å². The molecule has 0 saturated heterocycles. The predicted molar refractivity (Wildman–Crippen MR) is 88.8 cm³/mol. The van der Waals surface area contributed by atoms with Crippen molar-refractivity contribution in [3.8, 4) is 5.75 Å². The van der Waals surface area contributed by atoms with E-state index in [1.54, 1.807) is 12.1 Å². The van der Waals surface area contributed by atoms with E-state index in [0.29, 0.717) is 17.3 Å². The number of halogens is 1. The maximum absolute atomic E-state index is 12.8. The van der Waals surface area contributed by atoms with Crippen LogP contribution in [0.5, 0.6) is 5.75 Å². The van der Waals surface area contributed by atoms with Crippen molar-refractivity contribution in [2.45, 2.75) is 26.5 Å². The van der Waals surface area contributed by atoms with Gasteiger partial charge in [0, 0.05) is 0 Å².